The first-order valence-corrected chi connectivity index (χ1v) is 8.25. The van der Waals surface area contributed by atoms with Crippen LogP contribution in [0.15, 0.2) is 36.7 Å². The Balaban J connectivity index is 1.59. The number of piperidine rings is 1. The van der Waals surface area contributed by atoms with Crippen LogP contribution >= 0.6 is 0 Å². The fourth-order valence-electron chi connectivity index (χ4n) is 3.06. The molecule has 1 fully saturated rings. The number of anilines is 1. The van der Waals surface area contributed by atoms with Crippen LogP contribution in [0.5, 0.6) is 0 Å². The summed E-state index contributed by atoms with van der Waals surface area (Å²) >= 11 is 0. The summed E-state index contributed by atoms with van der Waals surface area (Å²) in [5, 5.41) is 6.92. The second kappa shape index (κ2) is 6.96. The lowest BCUT2D eigenvalue weighted by Crippen LogP contribution is -2.36. The van der Waals surface area contributed by atoms with Gasteiger partial charge < -0.3 is 5.32 Å². The van der Waals surface area contributed by atoms with Crippen LogP contribution in [0.1, 0.15) is 42.1 Å². The minimum Gasteiger partial charge on any atom is -0.322 e. The number of hydrogen-bond donors (Lipinski definition) is 1. The van der Waals surface area contributed by atoms with Gasteiger partial charge in [0.1, 0.15) is 0 Å². The lowest BCUT2D eigenvalue weighted by molar-refractivity contribution is 0.102. The molecular weight excluding hydrogens is 288 g/mol. The summed E-state index contributed by atoms with van der Waals surface area (Å²) in [5.41, 5.74) is 2.67. The van der Waals surface area contributed by atoms with E-state index in [1.807, 2.05) is 12.1 Å². The quantitative estimate of drug-likeness (QED) is 0.944. The van der Waals surface area contributed by atoms with Crippen LogP contribution in [0.25, 0.3) is 0 Å². The topological polar surface area (TPSA) is 50.2 Å². The molecule has 1 N–H and O–H groups in total. The molecule has 0 unspecified atom stereocenters. The molecule has 2 heterocycles. The molecule has 1 aromatic carbocycles. The first-order valence-electron chi connectivity index (χ1n) is 8.25. The zero-order valence-corrected chi connectivity index (χ0v) is 13.8. The molecule has 5 nitrogen and oxygen atoms in total. The SMILES string of the molecule is C[C@H]1CCCCN1Cc1ccc(NC(=O)c2cnn(C)c2)cc1. The molecule has 0 aliphatic carbocycles. The molecule has 0 bridgehead atoms. The molecule has 1 saturated heterocycles. The Morgan fingerprint density at radius 2 is 2.09 bits per heavy atom. The number of nitrogens with one attached hydrogen (secondary N) is 1. The Morgan fingerprint density at radius 3 is 2.74 bits per heavy atom. The molecule has 1 atom stereocenters. The number of rotatable bonds is 4. The number of carbonyl (C=O) groups excluding carboxylic acids is 1. The second-order valence-corrected chi connectivity index (χ2v) is 6.37. The number of amides is 1. The van der Waals surface area contributed by atoms with Gasteiger partial charge in [0.2, 0.25) is 0 Å². The van der Waals surface area contributed by atoms with E-state index < -0.39 is 0 Å². The van der Waals surface area contributed by atoms with Crippen molar-refractivity contribution >= 4 is 11.6 Å². The lowest BCUT2D eigenvalue weighted by Gasteiger charge is -2.33. The average molecular weight is 312 g/mol. The highest BCUT2D eigenvalue weighted by molar-refractivity contribution is 6.03. The number of likely N-dealkylation sites (tertiary alicyclic amines) is 1. The van der Waals surface area contributed by atoms with Gasteiger partial charge in [-0.25, -0.2) is 0 Å². The molecular formula is C18H24N4O. The smallest absolute Gasteiger partial charge is 0.258 e. The van der Waals surface area contributed by atoms with Crippen molar-refractivity contribution < 1.29 is 4.79 Å². The van der Waals surface area contributed by atoms with Gasteiger partial charge in [-0.2, -0.15) is 5.10 Å². The van der Waals surface area contributed by atoms with Gasteiger partial charge in [0.05, 0.1) is 11.8 Å². The maximum Gasteiger partial charge on any atom is 0.258 e. The van der Waals surface area contributed by atoms with Crippen LogP contribution in [0.4, 0.5) is 5.69 Å². The third-order valence-corrected chi connectivity index (χ3v) is 4.51. The first-order chi connectivity index (χ1) is 11.1. The minimum absolute atomic E-state index is 0.129. The van der Waals surface area contributed by atoms with E-state index in [4.69, 9.17) is 0 Å². The van der Waals surface area contributed by atoms with E-state index in [2.05, 4.69) is 34.4 Å². The van der Waals surface area contributed by atoms with E-state index >= 15 is 0 Å². The van der Waals surface area contributed by atoms with Crippen LogP contribution in [0.3, 0.4) is 0 Å². The van der Waals surface area contributed by atoms with Gasteiger partial charge >= 0.3 is 0 Å². The van der Waals surface area contributed by atoms with Crippen molar-refractivity contribution in [1.29, 1.82) is 0 Å². The average Bonchev–Trinajstić information content (AvgIpc) is 2.98. The number of hydrogen-bond acceptors (Lipinski definition) is 3. The number of carbonyl (C=O) groups is 1. The number of nitrogens with zero attached hydrogens (tertiary/aromatic N) is 3. The third kappa shape index (κ3) is 3.99. The van der Waals surface area contributed by atoms with Gasteiger partial charge in [-0.1, -0.05) is 18.6 Å². The van der Waals surface area contributed by atoms with Crippen molar-refractivity contribution in [2.75, 3.05) is 11.9 Å². The molecule has 1 aliphatic heterocycles. The Hall–Kier alpha value is -2.14. The fourth-order valence-corrected chi connectivity index (χ4v) is 3.06. The zero-order chi connectivity index (χ0) is 16.2. The predicted octanol–water partition coefficient (Wildman–Crippen LogP) is 3.05. The van der Waals surface area contributed by atoms with Gasteiger partial charge in [-0.3, -0.25) is 14.4 Å². The monoisotopic (exact) mass is 312 g/mol. The summed E-state index contributed by atoms with van der Waals surface area (Å²) in [6.07, 6.45) is 7.21. The third-order valence-electron chi connectivity index (χ3n) is 4.51. The molecule has 0 spiro atoms. The van der Waals surface area contributed by atoms with Crippen LogP contribution in [-0.2, 0) is 13.6 Å². The number of aryl methyl sites for hydroxylation is 1. The largest absolute Gasteiger partial charge is 0.322 e. The van der Waals surface area contributed by atoms with Gasteiger partial charge in [0.25, 0.3) is 5.91 Å². The molecule has 2 aromatic rings. The van der Waals surface area contributed by atoms with E-state index in [9.17, 15) is 4.79 Å². The second-order valence-electron chi connectivity index (χ2n) is 6.37. The normalized spacial score (nSPS) is 18.8. The molecule has 0 radical (unpaired) electrons. The highest BCUT2D eigenvalue weighted by atomic mass is 16.1. The fraction of sp³-hybridized carbons (Fsp3) is 0.444. The minimum atomic E-state index is -0.129. The summed E-state index contributed by atoms with van der Waals surface area (Å²) in [5.74, 6) is -0.129. The van der Waals surface area contributed by atoms with Gasteiger partial charge in [-0.05, 0) is 44.0 Å². The molecule has 23 heavy (non-hydrogen) atoms. The number of benzene rings is 1. The van der Waals surface area contributed by atoms with E-state index in [1.165, 1.54) is 31.4 Å². The maximum atomic E-state index is 12.1. The van der Waals surface area contributed by atoms with Crippen molar-refractivity contribution in [3.63, 3.8) is 0 Å². The van der Waals surface area contributed by atoms with Gasteiger partial charge in [0.15, 0.2) is 0 Å². The maximum absolute atomic E-state index is 12.1. The molecule has 5 heteroatoms. The summed E-state index contributed by atoms with van der Waals surface area (Å²) in [6.45, 7) is 4.47. The van der Waals surface area contributed by atoms with Gasteiger partial charge in [-0.15, -0.1) is 0 Å². The van der Waals surface area contributed by atoms with Crippen molar-refractivity contribution in [1.82, 2.24) is 14.7 Å². The Bertz CT molecular complexity index is 662. The molecule has 0 saturated carbocycles. The molecule has 3 rings (SSSR count). The Kier molecular flexibility index (Phi) is 4.76. The van der Waals surface area contributed by atoms with E-state index in [0.29, 0.717) is 11.6 Å². The Labute approximate surface area is 137 Å². The summed E-state index contributed by atoms with van der Waals surface area (Å²) in [7, 11) is 1.80. The Morgan fingerprint density at radius 1 is 1.30 bits per heavy atom. The van der Waals surface area contributed by atoms with Crippen LogP contribution in [0.2, 0.25) is 0 Å². The summed E-state index contributed by atoms with van der Waals surface area (Å²) < 4.78 is 1.62. The summed E-state index contributed by atoms with van der Waals surface area (Å²) in [6, 6.07) is 8.80. The van der Waals surface area contributed by atoms with Crippen LogP contribution < -0.4 is 5.32 Å². The van der Waals surface area contributed by atoms with Crippen molar-refractivity contribution in [3.8, 4) is 0 Å². The lowest BCUT2D eigenvalue weighted by atomic mass is 10.0. The highest BCUT2D eigenvalue weighted by Crippen LogP contribution is 2.20. The first kappa shape index (κ1) is 15.7. The van der Waals surface area contributed by atoms with Gasteiger partial charge in [0, 0.05) is 31.5 Å². The van der Waals surface area contributed by atoms with E-state index in [0.717, 1.165) is 12.2 Å². The van der Waals surface area contributed by atoms with E-state index in [1.54, 1.807) is 24.1 Å². The van der Waals surface area contributed by atoms with E-state index in [-0.39, 0.29) is 5.91 Å². The van der Waals surface area contributed by atoms with Crippen molar-refractivity contribution in [2.45, 2.75) is 38.8 Å². The summed E-state index contributed by atoms with van der Waals surface area (Å²) in [4.78, 5) is 14.6. The zero-order valence-electron chi connectivity index (χ0n) is 13.8. The van der Waals surface area contributed by atoms with Crippen LogP contribution in [0, 0.1) is 0 Å². The molecule has 1 aromatic heterocycles. The van der Waals surface area contributed by atoms with Crippen molar-refractivity contribution in [2.24, 2.45) is 7.05 Å². The van der Waals surface area contributed by atoms with Crippen molar-refractivity contribution in [3.05, 3.63) is 47.8 Å². The molecule has 122 valence electrons. The van der Waals surface area contributed by atoms with Crippen LogP contribution in [-0.4, -0.2) is 33.2 Å². The highest BCUT2D eigenvalue weighted by Gasteiger charge is 2.18. The number of aromatic nitrogens is 2. The molecule has 1 amide bonds. The standard InChI is InChI=1S/C18H24N4O/c1-14-5-3-4-10-22(14)12-15-6-8-17(9-7-15)20-18(23)16-11-19-21(2)13-16/h6-9,11,13-14H,3-5,10,12H2,1-2H3,(H,20,23)/t14-/m0/s1. The molecule has 1 aliphatic rings. The predicted molar refractivity (Wildman–Crippen MR) is 91.3 cm³/mol.